The summed E-state index contributed by atoms with van der Waals surface area (Å²) in [7, 11) is 8.08. The van der Waals surface area contributed by atoms with Gasteiger partial charge in [0.05, 0.1) is 10.7 Å². The molecule has 0 atom stereocenters. The van der Waals surface area contributed by atoms with Gasteiger partial charge in [-0.2, -0.15) is 0 Å². The zero-order valence-corrected chi connectivity index (χ0v) is 26.0. The number of aromatic nitrogens is 2. The summed E-state index contributed by atoms with van der Waals surface area (Å²) < 4.78 is 21.3. The quantitative estimate of drug-likeness (QED) is 0.356. The fourth-order valence-corrected chi connectivity index (χ4v) is 4.37. The van der Waals surface area contributed by atoms with Crippen LogP contribution in [0.5, 0.6) is 0 Å². The summed E-state index contributed by atoms with van der Waals surface area (Å²) in [6.07, 6.45) is 3.40. The highest BCUT2D eigenvalue weighted by Crippen LogP contribution is 2.31. The molecule has 1 aliphatic rings. The maximum atomic E-state index is 13.6. The van der Waals surface area contributed by atoms with Crippen LogP contribution in [0.1, 0.15) is 45.4 Å². The minimum Gasteiger partial charge on any atom is -0.444 e. The summed E-state index contributed by atoms with van der Waals surface area (Å²) >= 11 is 11.3. The van der Waals surface area contributed by atoms with Crippen molar-refractivity contribution in [1.82, 2.24) is 24.3 Å². The second kappa shape index (κ2) is 15.9. The van der Waals surface area contributed by atoms with Gasteiger partial charge in [-0.15, -0.1) is 24.0 Å². The van der Waals surface area contributed by atoms with Crippen molar-refractivity contribution in [3.63, 3.8) is 0 Å². The Kier molecular flexibility index (Phi) is 14.4. The van der Waals surface area contributed by atoms with Gasteiger partial charge in [0.25, 0.3) is 0 Å². The van der Waals surface area contributed by atoms with Crippen molar-refractivity contribution in [3.05, 3.63) is 41.1 Å². The van der Waals surface area contributed by atoms with Crippen LogP contribution in [0.2, 0.25) is 5.02 Å². The first-order valence-electron chi connectivity index (χ1n) is 12.7. The average Bonchev–Trinajstić information content (AvgIpc) is 3.23. The fourth-order valence-electron chi connectivity index (χ4n) is 3.85. The molecule has 0 unspecified atom stereocenters. The summed E-state index contributed by atoms with van der Waals surface area (Å²) in [6.45, 7) is 9.56. The molecule has 1 amide bonds. The van der Waals surface area contributed by atoms with E-state index < -0.39 is 11.4 Å². The Bertz CT molecular complexity index is 1000. The molecule has 3 rings (SSSR count). The zero-order chi connectivity index (χ0) is 27.8. The van der Waals surface area contributed by atoms with Gasteiger partial charge in [0.15, 0.2) is 0 Å². The third kappa shape index (κ3) is 11.3. The van der Waals surface area contributed by atoms with Crippen LogP contribution >= 0.6 is 35.6 Å². The van der Waals surface area contributed by atoms with Crippen molar-refractivity contribution in [2.75, 3.05) is 60.2 Å². The molecule has 1 aromatic carbocycles. The molecule has 1 saturated heterocycles. The lowest BCUT2D eigenvalue weighted by molar-refractivity contribution is 0.0202. The zero-order valence-electron chi connectivity index (χ0n) is 23.6. The van der Waals surface area contributed by atoms with Crippen molar-refractivity contribution < 1.29 is 13.9 Å². The first-order chi connectivity index (χ1) is 17.3. The molecule has 0 aliphatic carbocycles. The lowest BCUT2D eigenvalue weighted by Gasteiger charge is -2.33. The fraction of sp³-hybridized carbons (Fsp3) is 0.630. The Morgan fingerprint density at radius 1 is 1.13 bits per heavy atom. The normalized spacial score (nSPS) is 14.3. The van der Waals surface area contributed by atoms with E-state index in [0.717, 1.165) is 55.4 Å². The third-order valence-electron chi connectivity index (χ3n) is 5.85. The van der Waals surface area contributed by atoms with E-state index >= 15 is 0 Å². The molecule has 1 aromatic heterocycles. The van der Waals surface area contributed by atoms with Crippen LogP contribution in [0.25, 0.3) is 11.3 Å². The number of benzene rings is 1. The molecule has 0 saturated carbocycles. The van der Waals surface area contributed by atoms with E-state index in [-0.39, 0.29) is 29.4 Å². The van der Waals surface area contributed by atoms with Crippen LogP contribution in [0.15, 0.2) is 24.4 Å². The number of likely N-dealkylation sites (N-methyl/N-ethyl adjacent to an activating group) is 1. The van der Waals surface area contributed by atoms with Crippen LogP contribution in [-0.4, -0.2) is 96.2 Å². The van der Waals surface area contributed by atoms with Gasteiger partial charge in [-0.3, -0.25) is 0 Å². The number of imidazole rings is 1. The summed E-state index contributed by atoms with van der Waals surface area (Å²) in [5, 5.41) is 0.0903. The molecule has 2 aromatic rings. The minimum atomic E-state index is -0.498. The van der Waals surface area contributed by atoms with Crippen LogP contribution in [0, 0.1) is 5.82 Å². The number of carbonyl (C=O) groups is 1. The number of alkyl halides is 1. The SMILES string of the molecule is CN(C)CCCl.CN(C)CCn1cc(-c2ccc(F)c(Cl)c2)nc1C1CCN(C(=O)OC(C)(C)C)CC1.Cl. The van der Waals surface area contributed by atoms with Gasteiger partial charge in [0, 0.05) is 56.3 Å². The molecule has 0 bridgehead atoms. The second-order valence-electron chi connectivity index (χ2n) is 10.8. The van der Waals surface area contributed by atoms with Gasteiger partial charge >= 0.3 is 6.09 Å². The number of amides is 1. The number of piperidine rings is 1. The number of rotatable bonds is 7. The highest BCUT2D eigenvalue weighted by Gasteiger charge is 2.30. The topological polar surface area (TPSA) is 53.8 Å². The molecular weight excluding hydrogens is 552 g/mol. The predicted octanol–water partition coefficient (Wildman–Crippen LogP) is 6.23. The van der Waals surface area contributed by atoms with E-state index in [0.29, 0.717) is 13.1 Å². The maximum absolute atomic E-state index is 13.6. The van der Waals surface area contributed by atoms with E-state index in [4.69, 9.17) is 32.9 Å². The van der Waals surface area contributed by atoms with E-state index in [1.807, 2.05) is 60.1 Å². The molecule has 38 heavy (non-hydrogen) atoms. The highest BCUT2D eigenvalue weighted by atomic mass is 35.5. The smallest absolute Gasteiger partial charge is 0.410 e. The second-order valence-corrected chi connectivity index (χ2v) is 11.6. The Morgan fingerprint density at radius 2 is 1.74 bits per heavy atom. The van der Waals surface area contributed by atoms with Crippen LogP contribution < -0.4 is 0 Å². The van der Waals surface area contributed by atoms with Gasteiger partial charge < -0.3 is 24.0 Å². The number of ether oxygens (including phenoxy) is 1. The first-order valence-corrected chi connectivity index (χ1v) is 13.6. The molecule has 11 heteroatoms. The summed E-state index contributed by atoms with van der Waals surface area (Å²) in [4.78, 5) is 23.2. The molecule has 7 nitrogen and oxygen atoms in total. The molecule has 216 valence electrons. The van der Waals surface area contributed by atoms with E-state index in [9.17, 15) is 9.18 Å². The number of hydrogen-bond acceptors (Lipinski definition) is 5. The Balaban J connectivity index is 0.000000925. The molecule has 1 aliphatic heterocycles. The van der Waals surface area contributed by atoms with Crippen molar-refractivity contribution >= 4 is 41.7 Å². The summed E-state index contributed by atoms with van der Waals surface area (Å²) in [5.74, 6) is 1.53. The number of hydrogen-bond donors (Lipinski definition) is 0. The lowest BCUT2D eigenvalue weighted by atomic mass is 9.96. The van der Waals surface area contributed by atoms with Crippen LogP contribution in [-0.2, 0) is 11.3 Å². The van der Waals surface area contributed by atoms with Crippen molar-refractivity contribution in [1.29, 1.82) is 0 Å². The monoisotopic (exact) mass is 593 g/mol. The standard InChI is InChI=1S/C23H32ClFN4O2.C4H10ClN.ClH/c1-23(2,3)31-22(30)28-10-8-16(9-11-28)21-26-20(15-29(21)13-12-27(4)5)17-6-7-19(25)18(24)14-17;1-6(2)4-3-5;/h6-7,14-16H,8-13H2,1-5H3;3-4H2,1-2H3;1H. The number of likely N-dealkylation sites (tertiary alicyclic amines) is 1. The lowest BCUT2D eigenvalue weighted by Crippen LogP contribution is -2.41. The molecule has 2 heterocycles. The molecular formula is C27H43Cl3FN5O2. The average molecular weight is 595 g/mol. The predicted molar refractivity (Wildman–Crippen MR) is 157 cm³/mol. The summed E-state index contributed by atoms with van der Waals surface area (Å²) in [5.41, 5.74) is 1.08. The van der Waals surface area contributed by atoms with E-state index in [1.54, 1.807) is 17.0 Å². The van der Waals surface area contributed by atoms with Gasteiger partial charge in [0.1, 0.15) is 17.2 Å². The number of carbonyl (C=O) groups excluding carboxylic acids is 1. The van der Waals surface area contributed by atoms with Crippen molar-refractivity contribution in [2.24, 2.45) is 0 Å². The van der Waals surface area contributed by atoms with Crippen molar-refractivity contribution in [2.45, 2.75) is 51.7 Å². The molecule has 0 radical (unpaired) electrons. The van der Waals surface area contributed by atoms with Gasteiger partial charge in [-0.1, -0.05) is 11.6 Å². The van der Waals surface area contributed by atoms with Gasteiger partial charge in [-0.05, 0) is 80.0 Å². The third-order valence-corrected chi connectivity index (χ3v) is 6.31. The largest absolute Gasteiger partial charge is 0.444 e. The van der Waals surface area contributed by atoms with Crippen molar-refractivity contribution in [3.8, 4) is 11.3 Å². The minimum absolute atomic E-state index is 0. The van der Waals surface area contributed by atoms with Gasteiger partial charge in [0.2, 0.25) is 0 Å². The highest BCUT2D eigenvalue weighted by molar-refractivity contribution is 6.31. The van der Waals surface area contributed by atoms with Crippen LogP contribution in [0.3, 0.4) is 0 Å². The van der Waals surface area contributed by atoms with Crippen LogP contribution in [0.4, 0.5) is 9.18 Å². The Hall–Kier alpha value is -1.58. The Labute approximate surface area is 243 Å². The molecule has 0 spiro atoms. The van der Waals surface area contributed by atoms with E-state index in [1.165, 1.54) is 6.07 Å². The molecule has 1 fully saturated rings. The summed E-state index contributed by atoms with van der Waals surface area (Å²) in [6, 6.07) is 4.69. The molecule has 0 N–H and O–H groups in total. The Morgan fingerprint density at radius 3 is 2.21 bits per heavy atom. The number of nitrogens with zero attached hydrogens (tertiary/aromatic N) is 5. The number of halogens is 4. The van der Waals surface area contributed by atoms with Gasteiger partial charge in [-0.25, -0.2) is 14.2 Å². The van der Waals surface area contributed by atoms with E-state index in [2.05, 4.69) is 9.47 Å². The maximum Gasteiger partial charge on any atom is 0.410 e. The first kappa shape index (κ1) is 34.4.